The Morgan fingerprint density at radius 2 is 1.90 bits per heavy atom. The molecule has 0 aliphatic heterocycles. The fourth-order valence-corrected chi connectivity index (χ4v) is 5.13. The van der Waals surface area contributed by atoms with Crippen LogP contribution in [-0.2, 0) is 10.0 Å². The van der Waals surface area contributed by atoms with Crippen molar-refractivity contribution < 1.29 is 13.3 Å². The molecule has 2 aromatic rings. The van der Waals surface area contributed by atoms with Gasteiger partial charge in [-0.05, 0) is 51.3 Å². The van der Waals surface area contributed by atoms with Crippen molar-refractivity contribution in [3.05, 3.63) is 48.9 Å². The Morgan fingerprint density at radius 1 is 1.29 bits per heavy atom. The Balaban J connectivity index is 2.75. The number of imidazole rings is 1. The lowest BCUT2D eigenvalue weighted by molar-refractivity contribution is -0.385. The van der Waals surface area contributed by atoms with E-state index in [1.165, 1.54) is 12.1 Å². The first kappa shape index (κ1) is 16.1. The summed E-state index contributed by atoms with van der Waals surface area (Å²) < 4.78 is 26.9. The Morgan fingerprint density at radius 3 is 2.38 bits per heavy atom. The number of aryl methyl sites for hydroxylation is 1. The minimum Gasteiger partial charge on any atom is -0.258 e. The molecule has 0 N–H and O–H groups in total. The monoisotopic (exact) mass is 437 g/mol. The highest BCUT2D eigenvalue weighted by Crippen LogP contribution is 2.29. The van der Waals surface area contributed by atoms with E-state index >= 15 is 0 Å². The summed E-state index contributed by atoms with van der Waals surface area (Å²) in [5.74, 6) is 0. The van der Waals surface area contributed by atoms with Crippen molar-refractivity contribution in [2.75, 3.05) is 0 Å². The van der Waals surface area contributed by atoms with Gasteiger partial charge in [-0.3, -0.25) is 10.1 Å². The van der Waals surface area contributed by atoms with Gasteiger partial charge >= 0.3 is 0 Å². The second-order valence-electron chi connectivity index (χ2n) is 4.23. The van der Waals surface area contributed by atoms with Gasteiger partial charge in [-0.1, -0.05) is 6.07 Å². The number of nitro groups is 1. The highest BCUT2D eigenvalue weighted by Gasteiger charge is 2.27. The van der Waals surface area contributed by atoms with E-state index in [0.717, 1.165) is 10.0 Å². The summed E-state index contributed by atoms with van der Waals surface area (Å²) in [5.41, 5.74) is 0.497. The normalized spacial score (nSPS) is 11.6. The summed E-state index contributed by atoms with van der Waals surface area (Å²) >= 11 is 6.24. The average Bonchev–Trinajstić information content (AvgIpc) is 2.63. The second kappa shape index (κ2) is 5.50. The molecule has 0 amide bonds. The average molecular weight is 439 g/mol. The van der Waals surface area contributed by atoms with E-state index in [4.69, 9.17) is 0 Å². The molecule has 0 saturated heterocycles. The van der Waals surface area contributed by atoms with Gasteiger partial charge < -0.3 is 0 Å². The van der Waals surface area contributed by atoms with Gasteiger partial charge in [0.1, 0.15) is 4.60 Å². The van der Waals surface area contributed by atoms with Crippen LogP contribution in [0.3, 0.4) is 0 Å². The first-order valence-electron chi connectivity index (χ1n) is 5.57. The number of benzene rings is 1. The van der Waals surface area contributed by atoms with Crippen molar-refractivity contribution in [3.63, 3.8) is 0 Å². The van der Waals surface area contributed by atoms with E-state index in [1.54, 1.807) is 13.8 Å². The van der Waals surface area contributed by atoms with Crippen molar-refractivity contribution in [1.29, 1.82) is 0 Å². The number of aromatic nitrogens is 2. The van der Waals surface area contributed by atoms with Crippen molar-refractivity contribution in [1.82, 2.24) is 8.96 Å². The molecule has 1 aromatic heterocycles. The molecule has 0 unspecified atom stereocenters. The van der Waals surface area contributed by atoms with Gasteiger partial charge in [0.15, 0.2) is 4.73 Å². The lowest BCUT2D eigenvalue weighted by Gasteiger charge is -2.11. The van der Waals surface area contributed by atoms with Gasteiger partial charge in [-0.2, -0.15) is 0 Å². The molecule has 1 aromatic carbocycles. The largest absolute Gasteiger partial charge is 0.270 e. The molecule has 10 heteroatoms. The van der Waals surface area contributed by atoms with Crippen molar-refractivity contribution in [2.45, 2.75) is 18.7 Å². The Labute approximate surface area is 137 Å². The molecule has 0 saturated carbocycles. The number of nitro benzene ring substituents is 1. The van der Waals surface area contributed by atoms with Crippen LogP contribution in [0.4, 0.5) is 5.69 Å². The predicted molar refractivity (Wildman–Crippen MR) is 82.8 cm³/mol. The molecule has 0 fully saturated rings. The number of hydrogen-bond acceptors (Lipinski definition) is 5. The summed E-state index contributed by atoms with van der Waals surface area (Å²) in [6.45, 7) is 3.15. The molecule has 0 aliphatic carbocycles. The first-order valence-corrected chi connectivity index (χ1v) is 8.60. The minimum atomic E-state index is -3.99. The third-order valence-corrected chi connectivity index (χ3v) is 6.30. The molecule has 0 radical (unpaired) electrons. The number of halogens is 2. The van der Waals surface area contributed by atoms with Gasteiger partial charge in [0.25, 0.3) is 15.7 Å². The molecule has 0 atom stereocenters. The van der Waals surface area contributed by atoms with E-state index in [9.17, 15) is 18.5 Å². The molecule has 21 heavy (non-hydrogen) atoms. The van der Waals surface area contributed by atoms with Crippen molar-refractivity contribution >= 4 is 47.6 Å². The zero-order valence-corrected chi connectivity index (χ0v) is 14.9. The van der Waals surface area contributed by atoms with Gasteiger partial charge in [-0.25, -0.2) is 17.4 Å². The Kier molecular flexibility index (Phi) is 4.22. The lowest BCUT2D eigenvalue weighted by Crippen LogP contribution is -2.16. The quantitative estimate of drug-likeness (QED) is 0.541. The Bertz CT molecular complexity index is 845. The summed E-state index contributed by atoms with van der Waals surface area (Å²) in [6.07, 6.45) is 0. The molecular formula is C11H9Br2N3O4S. The minimum absolute atomic E-state index is 0.0952. The van der Waals surface area contributed by atoms with Crippen LogP contribution in [0.2, 0.25) is 0 Å². The SMILES string of the molecule is Cc1ccc([N+](=O)[O-])cc1S(=O)(=O)n1c(Br)nc(Br)c1C. The molecule has 0 aliphatic rings. The maximum absolute atomic E-state index is 12.7. The lowest BCUT2D eigenvalue weighted by atomic mass is 10.2. The maximum atomic E-state index is 12.7. The summed E-state index contributed by atoms with van der Waals surface area (Å²) in [4.78, 5) is 14.0. The summed E-state index contributed by atoms with van der Waals surface area (Å²) in [5, 5.41) is 10.8. The molecule has 112 valence electrons. The number of non-ortho nitro benzene ring substituents is 1. The molecule has 0 bridgehead atoms. The maximum Gasteiger partial charge on any atom is 0.270 e. The predicted octanol–water partition coefficient (Wildman–Crippen LogP) is 3.17. The van der Waals surface area contributed by atoms with Gasteiger partial charge in [0.05, 0.1) is 15.5 Å². The fourth-order valence-electron chi connectivity index (χ4n) is 1.79. The highest BCUT2D eigenvalue weighted by molar-refractivity contribution is 9.11. The number of nitrogens with zero attached hydrogens (tertiary/aromatic N) is 3. The van der Waals surface area contributed by atoms with Gasteiger partial charge in [-0.15, -0.1) is 0 Å². The van der Waals surface area contributed by atoms with Crippen LogP contribution in [0.5, 0.6) is 0 Å². The van der Waals surface area contributed by atoms with Crippen LogP contribution in [0.15, 0.2) is 32.4 Å². The summed E-state index contributed by atoms with van der Waals surface area (Å²) in [6, 6.07) is 3.71. The third kappa shape index (κ3) is 2.74. The topological polar surface area (TPSA) is 95.1 Å². The van der Waals surface area contributed by atoms with Crippen LogP contribution in [0.25, 0.3) is 0 Å². The zero-order valence-electron chi connectivity index (χ0n) is 10.9. The van der Waals surface area contributed by atoms with Crippen LogP contribution in [-0.4, -0.2) is 22.3 Å². The van der Waals surface area contributed by atoms with Crippen LogP contribution < -0.4 is 0 Å². The molecule has 0 spiro atoms. The van der Waals surface area contributed by atoms with E-state index in [0.29, 0.717) is 15.9 Å². The zero-order chi connectivity index (χ0) is 15.9. The van der Waals surface area contributed by atoms with Crippen LogP contribution in [0.1, 0.15) is 11.3 Å². The van der Waals surface area contributed by atoms with E-state index in [2.05, 4.69) is 36.8 Å². The number of rotatable bonds is 3. The fraction of sp³-hybridized carbons (Fsp3) is 0.182. The summed E-state index contributed by atoms with van der Waals surface area (Å²) in [7, 11) is -3.99. The van der Waals surface area contributed by atoms with Crippen molar-refractivity contribution in [2.24, 2.45) is 0 Å². The standard InChI is InChI=1S/C11H9Br2N3O4S/c1-6-3-4-8(16(17)18)5-9(6)21(19,20)15-7(2)10(12)14-11(15)13/h3-5H,1-2H3. The van der Waals surface area contributed by atoms with Gasteiger partial charge in [0, 0.05) is 12.1 Å². The van der Waals surface area contributed by atoms with Crippen LogP contribution >= 0.6 is 31.9 Å². The molecule has 2 rings (SSSR count). The first-order chi connectivity index (χ1) is 9.66. The third-order valence-electron chi connectivity index (χ3n) is 2.86. The molecule has 1 heterocycles. The Hall–Kier alpha value is -1.26. The smallest absolute Gasteiger partial charge is 0.258 e. The van der Waals surface area contributed by atoms with Gasteiger partial charge in [0.2, 0.25) is 0 Å². The number of hydrogen-bond donors (Lipinski definition) is 0. The second-order valence-corrected chi connectivity index (χ2v) is 7.45. The van der Waals surface area contributed by atoms with E-state index in [-0.39, 0.29) is 15.3 Å². The van der Waals surface area contributed by atoms with Crippen LogP contribution in [0, 0.1) is 24.0 Å². The highest BCUT2D eigenvalue weighted by atomic mass is 79.9. The van der Waals surface area contributed by atoms with E-state index in [1.807, 2.05) is 0 Å². The van der Waals surface area contributed by atoms with Crippen molar-refractivity contribution in [3.8, 4) is 0 Å². The molecule has 7 nitrogen and oxygen atoms in total. The van der Waals surface area contributed by atoms with E-state index < -0.39 is 14.9 Å². The molecular weight excluding hydrogens is 430 g/mol.